The summed E-state index contributed by atoms with van der Waals surface area (Å²) in [5, 5.41) is 8.02. The van der Waals surface area contributed by atoms with Gasteiger partial charge in [0.15, 0.2) is 0 Å². The van der Waals surface area contributed by atoms with Gasteiger partial charge in [-0.1, -0.05) is 45.9 Å². The van der Waals surface area contributed by atoms with Gasteiger partial charge in [0.05, 0.1) is 6.42 Å². The van der Waals surface area contributed by atoms with Gasteiger partial charge in [-0.2, -0.15) is 0 Å². The zero-order valence-electron chi connectivity index (χ0n) is 16.1. The molecule has 5 heteroatoms. The fraction of sp³-hybridized carbons (Fsp3) is 0.476. The highest BCUT2D eigenvalue weighted by atomic mass is 16.2. The van der Waals surface area contributed by atoms with Gasteiger partial charge in [-0.15, -0.1) is 0 Å². The van der Waals surface area contributed by atoms with Gasteiger partial charge in [0.2, 0.25) is 11.8 Å². The fourth-order valence-electron chi connectivity index (χ4n) is 2.68. The number of hydrogen-bond donors (Lipinski definition) is 2. The van der Waals surface area contributed by atoms with Gasteiger partial charge in [-0.3, -0.25) is 14.6 Å². The van der Waals surface area contributed by atoms with Crippen molar-refractivity contribution in [3.05, 3.63) is 42.2 Å². The number of benzene rings is 1. The Hall–Kier alpha value is -2.43. The van der Waals surface area contributed by atoms with E-state index in [0.29, 0.717) is 25.4 Å². The molecule has 0 saturated carbocycles. The third-order valence-corrected chi connectivity index (χ3v) is 4.81. The molecule has 2 amide bonds. The molecular formula is C21H29N3O2. The van der Waals surface area contributed by atoms with Crippen LogP contribution in [0.4, 0.5) is 0 Å². The summed E-state index contributed by atoms with van der Waals surface area (Å²) in [5.74, 6) is 0.558. The third kappa shape index (κ3) is 5.55. The second-order valence-corrected chi connectivity index (χ2v) is 7.38. The van der Waals surface area contributed by atoms with Crippen LogP contribution < -0.4 is 10.6 Å². The number of pyridine rings is 1. The van der Waals surface area contributed by atoms with Gasteiger partial charge < -0.3 is 10.6 Å². The number of hydrogen-bond acceptors (Lipinski definition) is 3. The number of amides is 2. The Balaban J connectivity index is 1.80. The summed E-state index contributed by atoms with van der Waals surface area (Å²) in [7, 11) is 0. The molecule has 2 unspecified atom stereocenters. The molecule has 0 spiro atoms. The van der Waals surface area contributed by atoms with E-state index in [1.54, 1.807) is 12.4 Å². The second-order valence-electron chi connectivity index (χ2n) is 7.38. The first kappa shape index (κ1) is 19.9. The van der Waals surface area contributed by atoms with Crippen LogP contribution in [0, 0.1) is 17.8 Å². The Morgan fingerprint density at radius 1 is 1.04 bits per heavy atom. The van der Waals surface area contributed by atoms with E-state index in [0.717, 1.165) is 16.3 Å². The largest absolute Gasteiger partial charge is 0.356 e. The van der Waals surface area contributed by atoms with Crippen LogP contribution in [0.25, 0.3) is 10.8 Å². The first-order valence-electron chi connectivity index (χ1n) is 9.24. The summed E-state index contributed by atoms with van der Waals surface area (Å²) in [6, 6.07) is 7.85. The van der Waals surface area contributed by atoms with Crippen LogP contribution in [-0.4, -0.2) is 29.9 Å². The van der Waals surface area contributed by atoms with E-state index in [4.69, 9.17) is 0 Å². The SMILES string of the molecule is CC(CNC(=O)Cc1cccc2cnccc12)CNC(=O)C(C)C(C)C. The summed E-state index contributed by atoms with van der Waals surface area (Å²) < 4.78 is 0. The van der Waals surface area contributed by atoms with E-state index in [2.05, 4.69) is 15.6 Å². The molecule has 1 aromatic carbocycles. The van der Waals surface area contributed by atoms with Crippen molar-refractivity contribution in [2.75, 3.05) is 13.1 Å². The second kappa shape index (κ2) is 9.32. The summed E-state index contributed by atoms with van der Waals surface area (Å²) in [6.45, 7) is 9.14. The molecule has 0 aliphatic carbocycles. The lowest BCUT2D eigenvalue weighted by Gasteiger charge is -2.18. The van der Waals surface area contributed by atoms with Gasteiger partial charge in [0.25, 0.3) is 0 Å². The molecule has 0 radical (unpaired) electrons. The molecule has 0 aliphatic heterocycles. The van der Waals surface area contributed by atoms with Crippen molar-refractivity contribution >= 4 is 22.6 Å². The van der Waals surface area contributed by atoms with Crippen LogP contribution in [0.3, 0.4) is 0 Å². The van der Waals surface area contributed by atoms with Crippen LogP contribution in [-0.2, 0) is 16.0 Å². The molecule has 0 aliphatic rings. The van der Waals surface area contributed by atoms with E-state index in [1.807, 2.05) is 52.0 Å². The molecule has 0 bridgehead atoms. The minimum Gasteiger partial charge on any atom is -0.356 e. The van der Waals surface area contributed by atoms with Crippen molar-refractivity contribution in [1.82, 2.24) is 15.6 Å². The molecule has 2 aromatic rings. The lowest BCUT2D eigenvalue weighted by molar-refractivity contribution is -0.125. The average molecular weight is 355 g/mol. The number of rotatable bonds is 8. The zero-order valence-corrected chi connectivity index (χ0v) is 16.1. The molecular weight excluding hydrogens is 326 g/mol. The molecule has 2 N–H and O–H groups in total. The maximum Gasteiger partial charge on any atom is 0.224 e. The Bertz CT molecular complexity index is 753. The van der Waals surface area contributed by atoms with Crippen LogP contribution >= 0.6 is 0 Å². The Kier molecular flexibility index (Phi) is 7.13. The Labute approximate surface area is 155 Å². The molecule has 2 rings (SSSR count). The van der Waals surface area contributed by atoms with Crippen molar-refractivity contribution < 1.29 is 9.59 Å². The summed E-state index contributed by atoms with van der Waals surface area (Å²) >= 11 is 0. The van der Waals surface area contributed by atoms with E-state index in [9.17, 15) is 9.59 Å². The number of fused-ring (bicyclic) bond motifs is 1. The molecule has 1 heterocycles. The predicted octanol–water partition coefficient (Wildman–Crippen LogP) is 2.94. The van der Waals surface area contributed by atoms with Gasteiger partial charge in [-0.05, 0) is 28.9 Å². The third-order valence-electron chi connectivity index (χ3n) is 4.81. The molecule has 0 fully saturated rings. The minimum atomic E-state index is -0.0111. The van der Waals surface area contributed by atoms with Crippen LogP contribution in [0.2, 0.25) is 0 Å². The summed E-state index contributed by atoms with van der Waals surface area (Å²) in [4.78, 5) is 28.4. The van der Waals surface area contributed by atoms with E-state index in [-0.39, 0.29) is 23.7 Å². The lowest BCUT2D eigenvalue weighted by Crippen LogP contribution is -2.38. The van der Waals surface area contributed by atoms with E-state index in [1.165, 1.54) is 0 Å². The van der Waals surface area contributed by atoms with E-state index < -0.39 is 0 Å². The van der Waals surface area contributed by atoms with Crippen molar-refractivity contribution in [3.8, 4) is 0 Å². The predicted molar refractivity (Wildman–Crippen MR) is 105 cm³/mol. The zero-order chi connectivity index (χ0) is 19.1. The van der Waals surface area contributed by atoms with Crippen LogP contribution in [0.15, 0.2) is 36.7 Å². The highest BCUT2D eigenvalue weighted by Crippen LogP contribution is 2.17. The summed E-state index contributed by atoms with van der Waals surface area (Å²) in [5.41, 5.74) is 0.995. The number of nitrogens with zero attached hydrogens (tertiary/aromatic N) is 1. The number of carbonyl (C=O) groups is 2. The standard InChI is InChI=1S/C21H29N3O2/c1-14(2)16(4)21(26)24-12-15(3)11-23-20(25)10-17-6-5-7-18-13-22-9-8-19(17)18/h5-9,13-16H,10-12H2,1-4H3,(H,23,25)(H,24,26). The van der Waals surface area contributed by atoms with Crippen molar-refractivity contribution in [2.45, 2.75) is 34.1 Å². The van der Waals surface area contributed by atoms with Crippen molar-refractivity contribution in [3.63, 3.8) is 0 Å². The highest BCUT2D eigenvalue weighted by molar-refractivity contribution is 5.89. The fourth-order valence-corrected chi connectivity index (χ4v) is 2.68. The molecule has 1 aromatic heterocycles. The lowest BCUT2D eigenvalue weighted by atomic mass is 9.97. The van der Waals surface area contributed by atoms with Crippen molar-refractivity contribution in [1.29, 1.82) is 0 Å². The maximum atomic E-state index is 12.3. The number of carbonyl (C=O) groups excluding carboxylic acids is 2. The van der Waals surface area contributed by atoms with Crippen molar-refractivity contribution in [2.24, 2.45) is 17.8 Å². The quantitative estimate of drug-likeness (QED) is 0.765. The smallest absolute Gasteiger partial charge is 0.224 e. The normalized spacial score (nSPS) is 13.4. The molecule has 2 atom stereocenters. The van der Waals surface area contributed by atoms with Crippen LogP contribution in [0.5, 0.6) is 0 Å². The Morgan fingerprint density at radius 2 is 1.77 bits per heavy atom. The van der Waals surface area contributed by atoms with Crippen LogP contribution in [0.1, 0.15) is 33.3 Å². The molecule has 0 saturated heterocycles. The maximum absolute atomic E-state index is 12.3. The Morgan fingerprint density at radius 3 is 2.50 bits per heavy atom. The molecule has 26 heavy (non-hydrogen) atoms. The van der Waals surface area contributed by atoms with Gasteiger partial charge in [-0.25, -0.2) is 0 Å². The topological polar surface area (TPSA) is 71.1 Å². The van der Waals surface area contributed by atoms with E-state index >= 15 is 0 Å². The number of aromatic nitrogens is 1. The van der Waals surface area contributed by atoms with Gasteiger partial charge >= 0.3 is 0 Å². The van der Waals surface area contributed by atoms with Gasteiger partial charge in [0.1, 0.15) is 0 Å². The number of nitrogens with one attached hydrogen (secondary N) is 2. The molecule has 140 valence electrons. The molecule has 5 nitrogen and oxygen atoms in total. The first-order valence-corrected chi connectivity index (χ1v) is 9.24. The first-order chi connectivity index (χ1) is 12.4. The highest BCUT2D eigenvalue weighted by Gasteiger charge is 2.17. The average Bonchev–Trinajstić information content (AvgIpc) is 2.64. The monoisotopic (exact) mass is 355 g/mol. The van der Waals surface area contributed by atoms with Gasteiger partial charge in [0, 0.05) is 36.8 Å². The minimum absolute atomic E-state index is 0.00218. The summed E-state index contributed by atoms with van der Waals surface area (Å²) in [6.07, 6.45) is 3.89.